The van der Waals surface area contributed by atoms with Gasteiger partial charge in [-0.15, -0.1) is 11.3 Å². The number of benzene rings is 1. The molecule has 2 aromatic rings. The molecule has 0 bridgehead atoms. The van der Waals surface area contributed by atoms with Crippen molar-refractivity contribution in [2.75, 3.05) is 31.5 Å². The Bertz CT molecular complexity index is 564. The van der Waals surface area contributed by atoms with Crippen LogP contribution in [0, 0.1) is 0 Å². The van der Waals surface area contributed by atoms with Crippen molar-refractivity contribution in [3.05, 3.63) is 35.8 Å². The van der Waals surface area contributed by atoms with Crippen LogP contribution < -0.4 is 10.6 Å². The molecule has 0 saturated heterocycles. The highest BCUT2D eigenvalue weighted by molar-refractivity contribution is 7.13. The number of likely N-dealkylation sites (N-methyl/N-ethyl adjacent to an activating group) is 1. The van der Waals surface area contributed by atoms with Crippen molar-refractivity contribution in [2.45, 2.75) is 13.8 Å². The SMILES string of the molecule is CCN(CC)CCNC(=O)Nc1ccc(-c2nccs2)cc1. The lowest BCUT2D eigenvalue weighted by Crippen LogP contribution is -2.36. The average molecular weight is 318 g/mol. The largest absolute Gasteiger partial charge is 0.337 e. The second-order valence-electron chi connectivity index (χ2n) is 4.82. The van der Waals surface area contributed by atoms with E-state index in [2.05, 4.69) is 34.4 Å². The standard InChI is InChI=1S/C16H22N4OS/c1-3-20(4-2)11-9-18-16(21)19-14-7-5-13(6-8-14)15-17-10-12-22-15/h5-8,10,12H,3-4,9,11H2,1-2H3,(H2,18,19,21). The summed E-state index contributed by atoms with van der Waals surface area (Å²) in [7, 11) is 0. The minimum Gasteiger partial charge on any atom is -0.337 e. The second kappa shape index (κ2) is 8.51. The van der Waals surface area contributed by atoms with E-state index in [1.54, 1.807) is 17.5 Å². The summed E-state index contributed by atoms with van der Waals surface area (Å²) < 4.78 is 0. The smallest absolute Gasteiger partial charge is 0.319 e. The normalized spacial score (nSPS) is 10.7. The number of carbonyl (C=O) groups is 1. The van der Waals surface area contributed by atoms with Crippen LogP contribution in [0.15, 0.2) is 35.8 Å². The van der Waals surface area contributed by atoms with Crippen LogP contribution in [0.1, 0.15) is 13.8 Å². The van der Waals surface area contributed by atoms with Crippen molar-refractivity contribution in [2.24, 2.45) is 0 Å². The molecule has 0 spiro atoms. The van der Waals surface area contributed by atoms with E-state index in [9.17, 15) is 4.79 Å². The number of hydrogen-bond donors (Lipinski definition) is 2. The highest BCUT2D eigenvalue weighted by Crippen LogP contribution is 2.23. The summed E-state index contributed by atoms with van der Waals surface area (Å²) in [6.45, 7) is 7.74. The molecule has 0 fully saturated rings. The molecule has 1 aromatic heterocycles. The summed E-state index contributed by atoms with van der Waals surface area (Å²) in [5.41, 5.74) is 1.84. The van der Waals surface area contributed by atoms with E-state index in [0.717, 1.165) is 35.9 Å². The van der Waals surface area contributed by atoms with Crippen molar-refractivity contribution in [1.29, 1.82) is 0 Å². The van der Waals surface area contributed by atoms with Crippen LogP contribution in [0.5, 0.6) is 0 Å². The first-order chi connectivity index (χ1) is 10.7. The van der Waals surface area contributed by atoms with Gasteiger partial charge in [-0.25, -0.2) is 9.78 Å². The molecule has 0 aliphatic rings. The first kappa shape index (κ1) is 16.5. The van der Waals surface area contributed by atoms with Crippen molar-refractivity contribution in [3.63, 3.8) is 0 Å². The minimum absolute atomic E-state index is 0.172. The molecule has 0 saturated carbocycles. The van der Waals surface area contributed by atoms with Crippen molar-refractivity contribution < 1.29 is 4.79 Å². The Morgan fingerprint density at radius 1 is 1.23 bits per heavy atom. The molecule has 6 heteroatoms. The molecular formula is C16H22N4OS. The molecule has 0 aliphatic carbocycles. The van der Waals surface area contributed by atoms with Gasteiger partial charge in [-0.1, -0.05) is 13.8 Å². The molecule has 1 aromatic carbocycles. The molecule has 22 heavy (non-hydrogen) atoms. The number of amides is 2. The predicted molar refractivity (Wildman–Crippen MR) is 92.4 cm³/mol. The lowest BCUT2D eigenvalue weighted by Gasteiger charge is -2.18. The highest BCUT2D eigenvalue weighted by atomic mass is 32.1. The topological polar surface area (TPSA) is 57.3 Å². The fraction of sp³-hybridized carbons (Fsp3) is 0.375. The summed E-state index contributed by atoms with van der Waals surface area (Å²) in [4.78, 5) is 18.4. The summed E-state index contributed by atoms with van der Waals surface area (Å²) in [6, 6.07) is 7.53. The van der Waals surface area contributed by atoms with Crippen LogP contribution in [-0.2, 0) is 0 Å². The molecule has 2 rings (SSSR count). The van der Waals surface area contributed by atoms with Crippen LogP contribution in [0.25, 0.3) is 10.6 Å². The zero-order valence-corrected chi connectivity index (χ0v) is 13.8. The van der Waals surface area contributed by atoms with E-state index in [4.69, 9.17) is 0 Å². The Labute approximate surface area is 135 Å². The summed E-state index contributed by atoms with van der Waals surface area (Å²) >= 11 is 1.60. The number of nitrogens with one attached hydrogen (secondary N) is 2. The van der Waals surface area contributed by atoms with Gasteiger partial charge in [0.1, 0.15) is 5.01 Å². The second-order valence-corrected chi connectivity index (χ2v) is 5.72. The third-order valence-corrected chi connectivity index (χ3v) is 4.25. The van der Waals surface area contributed by atoms with Crippen LogP contribution in [-0.4, -0.2) is 42.1 Å². The van der Waals surface area contributed by atoms with E-state index in [-0.39, 0.29) is 6.03 Å². The number of rotatable bonds is 7. The molecule has 1 heterocycles. The molecule has 0 aliphatic heterocycles. The van der Waals surface area contributed by atoms with Crippen LogP contribution in [0.3, 0.4) is 0 Å². The number of aromatic nitrogens is 1. The number of carbonyl (C=O) groups excluding carboxylic acids is 1. The molecule has 5 nitrogen and oxygen atoms in total. The van der Waals surface area contributed by atoms with Crippen molar-refractivity contribution in [1.82, 2.24) is 15.2 Å². The van der Waals surface area contributed by atoms with Gasteiger partial charge in [-0.05, 0) is 37.4 Å². The average Bonchev–Trinajstić information content (AvgIpc) is 3.07. The fourth-order valence-corrected chi connectivity index (χ4v) is 2.75. The Balaban J connectivity index is 1.79. The molecule has 2 amide bonds. The third kappa shape index (κ3) is 4.82. The fourth-order valence-electron chi connectivity index (χ4n) is 2.10. The third-order valence-electron chi connectivity index (χ3n) is 3.43. The van der Waals surface area contributed by atoms with Gasteiger partial charge in [0, 0.05) is 35.9 Å². The summed E-state index contributed by atoms with van der Waals surface area (Å²) in [5.74, 6) is 0. The van der Waals surface area contributed by atoms with Gasteiger partial charge in [-0.3, -0.25) is 0 Å². The molecule has 118 valence electrons. The van der Waals surface area contributed by atoms with Gasteiger partial charge in [0.15, 0.2) is 0 Å². The van der Waals surface area contributed by atoms with E-state index in [1.165, 1.54) is 0 Å². The molecule has 2 N–H and O–H groups in total. The van der Waals surface area contributed by atoms with Crippen molar-refractivity contribution in [3.8, 4) is 10.6 Å². The quantitative estimate of drug-likeness (QED) is 0.824. The zero-order valence-electron chi connectivity index (χ0n) is 13.0. The van der Waals surface area contributed by atoms with Gasteiger partial charge < -0.3 is 15.5 Å². The van der Waals surface area contributed by atoms with Gasteiger partial charge in [0.2, 0.25) is 0 Å². The molecule has 0 unspecified atom stereocenters. The van der Waals surface area contributed by atoms with Gasteiger partial charge in [-0.2, -0.15) is 0 Å². The zero-order chi connectivity index (χ0) is 15.8. The number of thiazole rings is 1. The maximum Gasteiger partial charge on any atom is 0.319 e. The van der Waals surface area contributed by atoms with E-state index < -0.39 is 0 Å². The lowest BCUT2D eigenvalue weighted by atomic mass is 10.2. The van der Waals surface area contributed by atoms with E-state index >= 15 is 0 Å². The van der Waals surface area contributed by atoms with Crippen molar-refractivity contribution >= 4 is 23.1 Å². The number of nitrogens with zero attached hydrogens (tertiary/aromatic N) is 2. The van der Waals surface area contributed by atoms with Gasteiger partial charge in [0.25, 0.3) is 0 Å². The number of anilines is 1. The lowest BCUT2D eigenvalue weighted by molar-refractivity contribution is 0.248. The monoisotopic (exact) mass is 318 g/mol. The Morgan fingerprint density at radius 2 is 1.95 bits per heavy atom. The van der Waals surface area contributed by atoms with Crippen LogP contribution >= 0.6 is 11.3 Å². The first-order valence-electron chi connectivity index (χ1n) is 7.50. The summed E-state index contributed by atoms with van der Waals surface area (Å²) in [5, 5.41) is 8.64. The Hall–Kier alpha value is -1.92. The van der Waals surface area contributed by atoms with Crippen LogP contribution in [0.4, 0.5) is 10.5 Å². The van der Waals surface area contributed by atoms with Crippen LogP contribution in [0.2, 0.25) is 0 Å². The Morgan fingerprint density at radius 3 is 2.55 bits per heavy atom. The Kier molecular flexibility index (Phi) is 6.36. The molecular weight excluding hydrogens is 296 g/mol. The summed E-state index contributed by atoms with van der Waals surface area (Å²) in [6.07, 6.45) is 1.79. The first-order valence-corrected chi connectivity index (χ1v) is 8.38. The maximum atomic E-state index is 11.8. The predicted octanol–water partition coefficient (Wildman–Crippen LogP) is 3.27. The number of hydrogen-bond acceptors (Lipinski definition) is 4. The minimum atomic E-state index is -0.172. The van der Waals surface area contributed by atoms with Gasteiger partial charge in [0.05, 0.1) is 0 Å². The number of urea groups is 1. The van der Waals surface area contributed by atoms with E-state index in [1.807, 2.05) is 29.6 Å². The van der Waals surface area contributed by atoms with Gasteiger partial charge >= 0.3 is 6.03 Å². The maximum absolute atomic E-state index is 11.8. The molecule has 0 atom stereocenters. The highest BCUT2D eigenvalue weighted by Gasteiger charge is 2.04. The van der Waals surface area contributed by atoms with E-state index in [0.29, 0.717) is 6.54 Å². The molecule has 0 radical (unpaired) electrons.